The molecular weight excluding hydrogens is 344 g/mol. The summed E-state index contributed by atoms with van der Waals surface area (Å²) in [6.07, 6.45) is 1.64. The molecule has 27 heavy (non-hydrogen) atoms. The van der Waals surface area contributed by atoms with E-state index in [4.69, 9.17) is 9.47 Å². The molecular formula is C21H26N2O4. The van der Waals surface area contributed by atoms with Gasteiger partial charge in [-0.05, 0) is 57.9 Å². The molecule has 0 aliphatic heterocycles. The van der Waals surface area contributed by atoms with Crippen LogP contribution in [0.1, 0.15) is 51.9 Å². The molecule has 1 aromatic heterocycles. The van der Waals surface area contributed by atoms with Gasteiger partial charge in [-0.1, -0.05) is 17.7 Å². The zero-order valence-corrected chi connectivity index (χ0v) is 16.1. The lowest BCUT2D eigenvalue weighted by Crippen LogP contribution is -2.26. The van der Waals surface area contributed by atoms with Crippen LogP contribution in [-0.2, 0) is 4.74 Å². The van der Waals surface area contributed by atoms with Gasteiger partial charge < -0.3 is 14.8 Å². The molecule has 1 aromatic carbocycles. The summed E-state index contributed by atoms with van der Waals surface area (Å²) in [5.74, 6) is 0.169. The average Bonchev–Trinajstić information content (AvgIpc) is 2.65. The number of pyridine rings is 1. The second-order valence-electron chi connectivity index (χ2n) is 6.17. The summed E-state index contributed by atoms with van der Waals surface area (Å²) in [5, 5.41) is 2.83. The molecule has 1 heterocycles. The van der Waals surface area contributed by atoms with Crippen molar-refractivity contribution in [3.8, 4) is 5.75 Å². The number of aromatic nitrogens is 1. The molecule has 0 unspecified atom stereocenters. The number of carbonyl (C=O) groups excluding carboxylic acids is 2. The van der Waals surface area contributed by atoms with Gasteiger partial charge in [-0.25, -0.2) is 9.78 Å². The van der Waals surface area contributed by atoms with Crippen molar-refractivity contribution in [1.29, 1.82) is 0 Å². The zero-order valence-electron chi connectivity index (χ0n) is 16.1. The minimum atomic E-state index is -0.428. The molecule has 6 heteroatoms. The fraction of sp³-hybridized carbons (Fsp3) is 0.381. The maximum Gasteiger partial charge on any atom is 0.339 e. The van der Waals surface area contributed by atoms with Crippen molar-refractivity contribution < 1.29 is 19.1 Å². The van der Waals surface area contributed by atoms with Gasteiger partial charge in [0.05, 0.1) is 24.5 Å². The molecule has 0 saturated heterocycles. The van der Waals surface area contributed by atoms with Crippen LogP contribution in [0.15, 0.2) is 36.4 Å². The molecule has 1 amide bonds. The Hall–Kier alpha value is -2.89. The fourth-order valence-corrected chi connectivity index (χ4v) is 2.46. The van der Waals surface area contributed by atoms with Crippen molar-refractivity contribution in [2.75, 3.05) is 19.8 Å². The molecule has 0 spiro atoms. The van der Waals surface area contributed by atoms with E-state index in [1.807, 2.05) is 31.2 Å². The van der Waals surface area contributed by atoms with E-state index in [2.05, 4.69) is 10.3 Å². The Labute approximate surface area is 159 Å². The molecule has 0 aliphatic carbocycles. The third-order valence-corrected chi connectivity index (χ3v) is 3.96. The number of ether oxygens (including phenoxy) is 2. The number of rotatable bonds is 9. The van der Waals surface area contributed by atoms with Gasteiger partial charge in [-0.3, -0.25) is 4.79 Å². The molecule has 0 saturated carbocycles. The van der Waals surface area contributed by atoms with E-state index in [0.29, 0.717) is 31.0 Å². The molecule has 0 radical (unpaired) electrons. The minimum absolute atomic E-state index is 0.257. The topological polar surface area (TPSA) is 77.5 Å². The van der Waals surface area contributed by atoms with Crippen LogP contribution in [0.4, 0.5) is 0 Å². The predicted octanol–water partition coefficient (Wildman–Crippen LogP) is 3.46. The Kier molecular flexibility index (Phi) is 7.79. The van der Waals surface area contributed by atoms with Crippen LogP contribution in [0.3, 0.4) is 0 Å². The number of amides is 1. The van der Waals surface area contributed by atoms with Crippen molar-refractivity contribution in [1.82, 2.24) is 10.3 Å². The van der Waals surface area contributed by atoms with E-state index in [-0.39, 0.29) is 11.6 Å². The second kappa shape index (κ2) is 10.3. The molecule has 1 N–H and O–H groups in total. The maximum atomic E-state index is 12.2. The summed E-state index contributed by atoms with van der Waals surface area (Å²) in [5.41, 5.74) is 2.34. The quantitative estimate of drug-likeness (QED) is 0.540. The number of nitrogens with zero attached hydrogens (tertiary/aromatic N) is 1. The second-order valence-corrected chi connectivity index (χ2v) is 6.17. The van der Waals surface area contributed by atoms with Crippen LogP contribution < -0.4 is 10.1 Å². The van der Waals surface area contributed by atoms with Gasteiger partial charge in [0.25, 0.3) is 5.91 Å². The van der Waals surface area contributed by atoms with Gasteiger partial charge in [-0.15, -0.1) is 0 Å². The molecule has 6 nitrogen and oxygen atoms in total. The summed E-state index contributed by atoms with van der Waals surface area (Å²) >= 11 is 0. The number of esters is 1. The van der Waals surface area contributed by atoms with Crippen LogP contribution >= 0.6 is 0 Å². The third kappa shape index (κ3) is 6.40. The van der Waals surface area contributed by atoms with E-state index in [1.165, 1.54) is 11.6 Å². The van der Waals surface area contributed by atoms with E-state index >= 15 is 0 Å². The van der Waals surface area contributed by atoms with E-state index in [9.17, 15) is 9.59 Å². The number of unbranched alkanes of at least 4 members (excludes halogenated alkanes) is 1. The molecule has 0 fully saturated rings. The van der Waals surface area contributed by atoms with E-state index in [0.717, 1.165) is 18.6 Å². The number of benzene rings is 1. The third-order valence-electron chi connectivity index (χ3n) is 3.96. The normalized spacial score (nSPS) is 10.3. The van der Waals surface area contributed by atoms with Gasteiger partial charge in [0, 0.05) is 6.54 Å². The number of hydrogen-bond acceptors (Lipinski definition) is 5. The van der Waals surface area contributed by atoms with Crippen LogP contribution in [0.5, 0.6) is 5.75 Å². The Morgan fingerprint density at radius 2 is 1.78 bits per heavy atom. The van der Waals surface area contributed by atoms with Crippen molar-refractivity contribution in [2.24, 2.45) is 0 Å². The smallest absolute Gasteiger partial charge is 0.339 e. The Morgan fingerprint density at radius 3 is 2.44 bits per heavy atom. The average molecular weight is 370 g/mol. The van der Waals surface area contributed by atoms with Crippen LogP contribution in [0, 0.1) is 13.8 Å². The van der Waals surface area contributed by atoms with Crippen molar-refractivity contribution in [3.05, 3.63) is 58.9 Å². The summed E-state index contributed by atoms with van der Waals surface area (Å²) < 4.78 is 10.6. The zero-order chi connectivity index (χ0) is 19.6. The summed E-state index contributed by atoms with van der Waals surface area (Å²) in [4.78, 5) is 28.1. The van der Waals surface area contributed by atoms with Crippen molar-refractivity contribution >= 4 is 11.9 Å². The van der Waals surface area contributed by atoms with Gasteiger partial charge >= 0.3 is 5.97 Å². The highest BCUT2D eigenvalue weighted by atomic mass is 16.5. The first-order valence-corrected chi connectivity index (χ1v) is 9.13. The number of aryl methyl sites for hydroxylation is 2. The molecule has 2 aromatic rings. The lowest BCUT2D eigenvalue weighted by atomic mass is 10.2. The summed E-state index contributed by atoms with van der Waals surface area (Å²) in [7, 11) is 0. The molecule has 144 valence electrons. The molecule has 0 bridgehead atoms. The highest BCUT2D eigenvalue weighted by Gasteiger charge is 2.14. The molecule has 2 rings (SSSR count). The van der Waals surface area contributed by atoms with Gasteiger partial charge in [0.1, 0.15) is 11.4 Å². The lowest BCUT2D eigenvalue weighted by molar-refractivity contribution is 0.0524. The number of carbonyl (C=O) groups is 2. The van der Waals surface area contributed by atoms with Crippen LogP contribution in [0.25, 0.3) is 0 Å². The van der Waals surface area contributed by atoms with Gasteiger partial charge in [0.15, 0.2) is 0 Å². The maximum absolute atomic E-state index is 12.2. The first kappa shape index (κ1) is 20.4. The van der Waals surface area contributed by atoms with Crippen molar-refractivity contribution in [3.63, 3.8) is 0 Å². The minimum Gasteiger partial charge on any atom is -0.494 e. The first-order valence-electron chi connectivity index (χ1n) is 9.13. The first-order chi connectivity index (χ1) is 13.0. The van der Waals surface area contributed by atoms with E-state index in [1.54, 1.807) is 19.9 Å². The Balaban J connectivity index is 1.71. The van der Waals surface area contributed by atoms with Crippen LogP contribution in [0.2, 0.25) is 0 Å². The van der Waals surface area contributed by atoms with Gasteiger partial charge in [0.2, 0.25) is 0 Å². The Bertz CT molecular complexity index is 772. The van der Waals surface area contributed by atoms with Gasteiger partial charge in [-0.2, -0.15) is 0 Å². The highest BCUT2D eigenvalue weighted by Crippen LogP contribution is 2.12. The lowest BCUT2D eigenvalue weighted by Gasteiger charge is -2.09. The monoisotopic (exact) mass is 370 g/mol. The standard InChI is InChI=1S/C21H26N2O4/c1-4-26-21(25)18-11-12-19(23-16(18)3)20(24)22-13-5-6-14-27-17-9-7-15(2)8-10-17/h7-12H,4-6,13-14H2,1-3H3,(H,22,24). The van der Waals surface area contributed by atoms with Crippen molar-refractivity contribution in [2.45, 2.75) is 33.6 Å². The molecule has 0 atom stereocenters. The number of hydrogen-bond donors (Lipinski definition) is 1. The Morgan fingerprint density at radius 1 is 1.04 bits per heavy atom. The number of nitrogens with one attached hydrogen (secondary N) is 1. The summed E-state index contributed by atoms with van der Waals surface area (Å²) in [6.45, 7) is 6.90. The predicted molar refractivity (Wildman–Crippen MR) is 103 cm³/mol. The largest absolute Gasteiger partial charge is 0.494 e. The van der Waals surface area contributed by atoms with Crippen LogP contribution in [-0.4, -0.2) is 36.6 Å². The highest BCUT2D eigenvalue weighted by molar-refractivity contribution is 5.94. The summed E-state index contributed by atoms with van der Waals surface area (Å²) in [6, 6.07) is 11.0. The molecule has 0 aliphatic rings. The van der Waals surface area contributed by atoms with E-state index < -0.39 is 5.97 Å². The SMILES string of the molecule is CCOC(=O)c1ccc(C(=O)NCCCCOc2ccc(C)cc2)nc1C. The fourth-order valence-electron chi connectivity index (χ4n) is 2.46.